The normalized spacial score (nSPS) is 14.0. The predicted octanol–water partition coefficient (Wildman–Crippen LogP) is 6.19. The first-order chi connectivity index (χ1) is 13.1. The highest BCUT2D eigenvalue weighted by Gasteiger charge is 2.36. The molecule has 3 aromatic carbocycles. The van der Waals surface area contributed by atoms with Gasteiger partial charge in [0.15, 0.2) is 0 Å². The van der Waals surface area contributed by atoms with Crippen molar-refractivity contribution in [2.45, 2.75) is 18.1 Å². The third kappa shape index (κ3) is 4.25. The molecule has 3 aromatic rings. The molecular formula is C21H15BrF5N. The molecule has 0 saturated carbocycles. The number of nitrogens with two attached hydrogens (primary N) is 1. The predicted molar refractivity (Wildman–Crippen MR) is 101 cm³/mol. The Kier molecular flexibility index (Phi) is 5.59. The van der Waals surface area contributed by atoms with E-state index in [9.17, 15) is 22.0 Å². The third-order valence-electron chi connectivity index (χ3n) is 4.50. The summed E-state index contributed by atoms with van der Waals surface area (Å²) in [6.07, 6.45) is -4.64. The summed E-state index contributed by atoms with van der Waals surface area (Å²) in [6.45, 7) is 0. The molecule has 7 heteroatoms. The zero-order valence-corrected chi connectivity index (χ0v) is 16.0. The van der Waals surface area contributed by atoms with Crippen molar-refractivity contribution in [1.29, 1.82) is 0 Å². The minimum absolute atomic E-state index is 0.0535. The Morgan fingerprint density at radius 2 is 1.43 bits per heavy atom. The molecule has 0 aliphatic carbocycles. The van der Waals surface area contributed by atoms with Crippen LogP contribution in [0, 0.1) is 11.6 Å². The standard InChI is InChI=1S/C21H15BrF5N/c22-18-11-14(6-7-19(18)24)20(28,12-13-4-2-1-3-5-13)15-8-16(21(25,26)27)10-17(23)9-15/h1-11H,12,28H2. The summed E-state index contributed by atoms with van der Waals surface area (Å²) in [7, 11) is 0. The molecule has 28 heavy (non-hydrogen) atoms. The Labute approximate surface area is 167 Å². The molecule has 0 radical (unpaired) electrons. The summed E-state index contributed by atoms with van der Waals surface area (Å²) in [5.41, 5.74) is 4.98. The molecule has 1 atom stereocenters. The van der Waals surface area contributed by atoms with Crippen LogP contribution < -0.4 is 5.73 Å². The molecule has 0 heterocycles. The molecule has 0 bridgehead atoms. The van der Waals surface area contributed by atoms with Crippen molar-refractivity contribution in [2.75, 3.05) is 0 Å². The molecule has 0 spiro atoms. The van der Waals surface area contributed by atoms with Gasteiger partial charge in [-0.2, -0.15) is 13.2 Å². The first kappa shape index (κ1) is 20.5. The van der Waals surface area contributed by atoms with E-state index in [-0.39, 0.29) is 16.5 Å². The monoisotopic (exact) mass is 455 g/mol. The van der Waals surface area contributed by atoms with E-state index in [1.54, 1.807) is 30.3 Å². The Hall–Kier alpha value is -2.25. The van der Waals surface area contributed by atoms with Gasteiger partial charge in [-0.25, -0.2) is 8.78 Å². The number of rotatable bonds is 4. The van der Waals surface area contributed by atoms with Gasteiger partial charge in [-0.05, 0) is 69.4 Å². The fourth-order valence-corrected chi connectivity index (χ4v) is 3.45. The lowest BCUT2D eigenvalue weighted by Crippen LogP contribution is -2.40. The molecule has 2 N–H and O–H groups in total. The SMILES string of the molecule is NC(Cc1ccccc1)(c1cc(F)cc(C(F)(F)F)c1)c1ccc(F)c(Br)c1. The summed E-state index contributed by atoms with van der Waals surface area (Å²) in [5.74, 6) is -1.59. The average molecular weight is 456 g/mol. The van der Waals surface area contributed by atoms with Crippen molar-refractivity contribution in [2.24, 2.45) is 5.73 Å². The van der Waals surface area contributed by atoms with Crippen LogP contribution in [0.4, 0.5) is 22.0 Å². The van der Waals surface area contributed by atoms with Crippen molar-refractivity contribution < 1.29 is 22.0 Å². The van der Waals surface area contributed by atoms with E-state index in [0.717, 1.165) is 23.8 Å². The maximum absolute atomic E-state index is 14.1. The lowest BCUT2D eigenvalue weighted by molar-refractivity contribution is -0.137. The topological polar surface area (TPSA) is 26.0 Å². The smallest absolute Gasteiger partial charge is 0.317 e. The van der Waals surface area contributed by atoms with Crippen molar-refractivity contribution in [3.8, 4) is 0 Å². The van der Waals surface area contributed by atoms with Crippen molar-refractivity contribution >= 4 is 15.9 Å². The molecule has 3 rings (SSSR count). The number of hydrogen-bond acceptors (Lipinski definition) is 1. The van der Waals surface area contributed by atoms with Crippen molar-refractivity contribution in [1.82, 2.24) is 0 Å². The number of alkyl halides is 3. The van der Waals surface area contributed by atoms with Crippen LogP contribution >= 0.6 is 15.9 Å². The maximum Gasteiger partial charge on any atom is 0.416 e. The number of halogens is 6. The van der Waals surface area contributed by atoms with Gasteiger partial charge in [-0.1, -0.05) is 36.4 Å². The maximum atomic E-state index is 14.1. The van der Waals surface area contributed by atoms with Gasteiger partial charge < -0.3 is 5.73 Å². The van der Waals surface area contributed by atoms with E-state index in [1.807, 2.05) is 0 Å². The molecule has 0 amide bonds. The Morgan fingerprint density at radius 3 is 2.04 bits per heavy atom. The molecule has 0 aromatic heterocycles. The van der Waals surface area contributed by atoms with Crippen LogP contribution in [0.5, 0.6) is 0 Å². The quantitative estimate of drug-likeness (QED) is 0.466. The highest BCUT2D eigenvalue weighted by atomic mass is 79.9. The molecule has 1 unspecified atom stereocenters. The Balaban J connectivity index is 2.21. The first-order valence-electron chi connectivity index (χ1n) is 8.26. The Bertz CT molecular complexity index is 988. The largest absolute Gasteiger partial charge is 0.416 e. The van der Waals surface area contributed by atoms with Gasteiger partial charge in [-0.15, -0.1) is 0 Å². The first-order valence-corrected chi connectivity index (χ1v) is 9.05. The zero-order chi connectivity index (χ0) is 20.5. The van der Waals surface area contributed by atoms with E-state index in [1.165, 1.54) is 12.1 Å². The second-order valence-corrected chi connectivity index (χ2v) is 7.34. The van der Waals surface area contributed by atoms with Gasteiger partial charge in [0.1, 0.15) is 11.6 Å². The second kappa shape index (κ2) is 7.64. The third-order valence-corrected chi connectivity index (χ3v) is 5.11. The lowest BCUT2D eigenvalue weighted by atomic mass is 9.78. The molecule has 0 fully saturated rings. The fourth-order valence-electron chi connectivity index (χ4n) is 3.07. The van der Waals surface area contributed by atoms with Crippen molar-refractivity contribution in [3.63, 3.8) is 0 Å². The van der Waals surface area contributed by atoms with Crippen LogP contribution in [0.25, 0.3) is 0 Å². The summed E-state index contributed by atoms with van der Waals surface area (Å²) in [4.78, 5) is 0. The van der Waals surface area contributed by atoms with E-state index in [4.69, 9.17) is 5.73 Å². The molecular weight excluding hydrogens is 441 g/mol. The molecule has 0 saturated heterocycles. The Morgan fingerprint density at radius 1 is 0.786 bits per heavy atom. The zero-order valence-electron chi connectivity index (χ0n) is 14.4. The van der Waals surface area contributed by atoms with E-state index < -0.39 is 28.9 Å². The second-order valence-electron chi connectivity index (χ2n) is 6.49. The van der Waals surface area contributed by atoms with E-state index >= 15 is 0 Å². The van der Waals surface area contributed by atoms with Crippen LogP contribution in [0.2, 0.25) is 0 Å². The fraction of sp³-hybridized carbons (Fsp3) is 0.143. The van der Waals surface area contributed by atoms with Crippen LogP contribution in [0.15, 0.2) is 71.2 Å². The summed E-state index contributed by atoms with van der Waals surface area (Å²) in [6, 6.07) is 15.1. The van der Waals surface area contributed by atoms with Gasteiger partial charge in [0.25, 0.3) is 0 Å². The van der Waals surface area contributed by atoms with Gasteiger partial charge in [0, 0.05) is 0 Å². The minimum atomic E-state index is -4.73. The number of benzene rings is 3. The molecule has 146 valence electrons. The van der Waals surface area contributed by atoms with Crippen LogP contribution in [0.1, 0.15) is 22.3 Å². The highest BCUT2D eigenvalue weighted by Crippen LogP contribution is 2.37. The van der Waals surface area contributed by atoms with Gasteiger partial charge in [0.05, 0.1) is 15.6 Å². The van der Waals surface area contributed by atoms with Crippen LogP contribution in [-0.4, -0.2) is 0 Å². The summed E-state index contributed by atoms with van der Waals surface area (Å²) >= 11 is 3.07. The van der Waals surface area contributed by atoms with Crippen LogP contribution in [0.3, 0.4) is 0 Å². The minimum Gasteiger partial charge on any atom is -0.317 e. The van der Waals surface area contributed by atoms with Gasteiger partial charge >= 0.3 is 6.18 Å². The average Bonchev–Trinajstić information content (AvgIpc) is 2.63. The highest BCUT2D eigenvalue weighted by molar-refractivity contribution is 9.10. The number of hydrogen-bond donors (Lipinski definition) is 1. The van der Waals surface area contributed by atoms with E-state index in [2.05, 4.69) is 15.9 Å². The molecule has 1 nitrogen and oxygen atoms in total. The molecule has 0 aliphatic heterocycles. The van der Waals surface area contributed by atoms with Gasteiger partial charge in [-0.3, -0.25) is 0 Å². The van der Waals surface area contributed by atoms with Gasteiger partial charge in [0.2, 0.25) is 0 Å². The summed E-state index contributed by atoms with van der Waals surface area (Å²) in [5, 5.41) is 0. The van der Waals surface area contributed by atoms with Crippen molar-refractivity contribution in [3.05, 3.63) is 105 Å². The lowest BCUT2D eigenvalue weighted by Gasteiger charge is -2.32. The summed E-state index contributed by atoms with van der Waals surface area (Å²) < 4.78 is 67.5. The molecule has 0 aliphatic rings. The van der Waals surface area contributed by atoms with Crippen LogP contribution in [-0.2, 0) is 18.1 Å². The van der Waals surface area contributed by atoms with E-state index in [0.29, 0.717) is 11.6 Å².